The van der Waals surface area contributed by atoms with Gasteiger partial charge in [0.15, 0.2) is 11.6 Å². The van der Waals surface area contributed by atoms with Crippen LogP contribution in [0.2, 0.25) is 0 Å². The van der Waals surface area contributed by atoms with E-state index in [1.807, 2.05) is 12.3 Å². The van der Waals surface area contributed by atoms with E-state index in [1.165, 1.54) is 12.7 Å². The Morgan fingerprint density at radius 2 is 1.97 bits per heavy atom. The maximum absolute atomic E-state index is 12.4. The van der Waals surface area contributed by atoms with Crippen molar-refractivity contribution in [3.05, 3.63) is 47.4 Å². The molecule has 188 valence electrons. The number of pyridine rings is 2. The van der Waals surface area contributed by atoms with Crippen molar-refractivity contribution in [2.24, 2.45) is 17.3 Å². The van der Waals surface area contributed by atoms with E-state index in [0.717, 1.165) is 31.3 Å². The molecule has 37 heavy (non-hydrogen) atoms. The Hall–Kier alpha value is -4.26. The largest absolute Gasteiger partial charge is 0.453 e. The summed E-state index contributed by atoms with van der Waals surface area (Å²) in [5.74, 6) is 8.10. The third-order valence-corrected chi connectivity index (χ3v) is 7.71. The highest BCUT2D eigenvalue weighted by molar-refractivity contribution is 5.97. The van der Waals surface area contributed by atoms with E-state index in [2.05, 4.69) is 55.6 Å². The molecule has 3 aromatic heterocycles. The maximum Gasteiger partial charge on any atom is 0.409 e. The van der Waals surface area contributed by atoms with Crippen molar-refractivity contribution in [1.82, 2.24) is 25.1 Å². The molecule has 10 nitrogen and oxygen atoms in total. The summed E-state index contributed by atoms with van der Waals surface area (Å²) in [7, 11) is 3.18. The SMILES string of the molecule is CNc1ncc(C#Cc2ccc(C3CC34CN(C(=O)OC)C4)cn2)c2cc(NC(=O)[C@H]3C[C@H]3C)nnc12. The Morgan fingerprint density at radius 3 is 2.65 bits per heavy atom. The van der Waals surface area contributed by atoms with Crippen LogP contribution in [-0.2, 0) is 9.53 Å². The van der Waals surface area contributed by atoms with Crippen molar-refractivity contribution >= 4 is 34.5 Å². The summed E-state index contributed by atoms with van der Waals surface area (Å²) < 4.78 is 4.80. The highest BCUT2D eigenvalue weighted by Crippen LogP contribution is 2.64. The summed E-state index contributed by atoms with van der Waals surface area (Å²) in [6.45, 7) is 3.53. The lowest BCUT2D eigenvalue weighted by molar-refractivity contribution is -0.117. The van der Waals surface area contributed by atoms with Crippen LogP contribution in [0.25, 0.3) is 10.9 Å². The molecular weight excluding hydrogens is 470 g/mol. The standard InChI is InChI=1S/C27H27N7O3/c1-15-8-19(15)25(35)31-22-9-20-16(11-30-24(28-2)23(20)33-32-22)4-6-18-7-5-17(12-29-18)21-10-27(21)13-34(14-27)26(36)37-3/h5,7,9,11-12,15,19,21H,8,10,13-14H2,1-3H3,(H,28,30)(H,31,32,35)/t15-,19+,21?/m1/s1. The molecule has 2 saturated carbocycles. The number of carbonyl (C=O) groups is 2. The van der Waals surface area contributed by atoms with Crippen LogP contribution in [0.4, 0.5) is 16.4 Å². The number of hydrogen-bond acceptors (Lipinski definition) is 8. The van der Waals surface area contributed by atoms with E-state index < -0.39 is 0 Å². The third kappa shape index (κ3) is 4.20. The number of fused-ring (bicyclic) bond motifs is 1. The number of aromatic nitrogens is 4. The first-order valence-electron chi connectivity index (χ1n) is 12.4. The van der Waals surface area contributed by atoms with E-state index in [-0.39, 0.29) is 23.3 Å². The molecule has 1 saturated heterocycles. The third-order valence-electron chi connectivity index (χ3n) is 7.71. The van der Waals surface area contributed by atoms with Gasteiger partial charge < -0.3 is 20.3 Å². The summed E-state index contributed by atoms with van der Waals surface area (Å²) in [5.41, 5.74) is 3.24. The second-order valence-electron chi connectivity index (χ2n) is 10.2. The minimum atomic E-state index is -0.261. The van der Waals surface area contributed by atoms with Gasteiger partial charge in [0.25, 0.3) is 0 Å². The molecule has 0 aromatic carbocycles. The molecule has 2 aliphatic carbocycles. The Balaban J connectivity index is 1.20. The fourth-order valence-electron chi connectivity index (χ4n) is 5.24. The van der Waals surface area contributed by atoms with Gasteiger partial charge in [-0.05, 0) is 48.3 Å². The molecule has 2 amide bonds. The number of anilines is 2. The summed E-state index contributed by atoms with van der Waals surface area (Å²) in [5, 5.41) is 15.1. The van der Waals surface area contributed by atoms with E-state index >= 15 is 0 Å². The Kier molecular flexibility index (Phi) is 5.44. The summed E-state index contributed by atoms with van der Waals surface area (Å²) in [4.78, 5) is 34.7. The van der Waals surface area contributed by atoms with Crippen LogP contribution in [0.1, 0.15) is 42.5 Å². The number of methoxy groups -OCH3 is 1. The minimum absolute atomic E-state index is 0.0293. The first-order chi connectivity index (χ1) is 17.9. The van der Waals surface area contributed by atoms with Gasteiger partial charge in [-0.15, -0.1) is 10.2 Å². The van der Waals surface area contributed by atoms with Gasteiger partial charge in [-0.1, -0.05) is 18.9 Å². The molecule has 1 unspecified atom stereocenters. The van der Waals surface area contributed by atoms with Crippen LogP contribution in [-0.4, -0.2) is 64.3 Å². The number of carbonyl (C=O) groups excluding carboxylic acids is 2. The van der Waals surface area contributed by atoms with E-state index in [1.54, 1.807) is 24.2 Å². The van der Waals surface area contributed by atoms with Crippen molar-refractivity contribution < 1.29 is 14.3 Å². The molecule has 1 spiro atoms. The molecule has 6 rings (SSSR count). The van der Waals surface area contributed by atoms with Crippen LogP contribution in [0, 0.1) is 29.1 Å². The highest BCUT2D eigenvalue weighted by atomic mass is 16.5. The van der Waals surface area contributed by atoms with Crippen LogP contribution in [0.3, 0.4) is 0 Å². The van der Waals surface area contributed by atoms with Gasteiger partial charge >= 0.3 is 6.09 Å². The molecule has 3 atom stereocenters. The molecule has 4 heterocycles. The number of amides is 2. The lowest BCUT2D eigenvalue weighted by Gasteiger charge is -2.39. The van der Waals surface area contributed by atoms with Crippen LogP contribution in [0.5, 0.6) is 0 Å². The zero-order chi connectivity index (χ0) is 25.7. The molecular formula is C27H27N7O3. The van der Waals surface area contributed by atoms with Gasteiger partial charge in [-0.3, -0.25) is 4.79 Å². The number of hydrogen-bond donors (Lipinski definition) is 2. The van der Waals surface area contributed by atoms with Crippen molar-refractivity contribution in [2.45, 2.75) is 25.7 Å². The fraction of sp³-hybridized carbons (Fsp3) is 0.407. The Labute approximate surface area is 214 Å². The van der Waals surface area contributed by atoms with Gasteiger partial charge in [-0.25, -0.2) is 14.8 Å². The van der Waals surface area contributed by atoms with E-state index in [9.17, 15) is 9.59 Å². The van der Waals surface area contributed by atoms with Gasteiger partial charge in [0.1, 0.15) is 11.2 Å². The maximum atomic E-state index is 12.4. The molecule has 3 aromatic rings. The average molecular weight is 498 g/mol. The molecule has 3 aliphatic rings. The molecule has 0 radical (unpaired) electrons. The van der Waals surface area contributed by atoms with Crippen LogP contribution < -0.4 is 10.6 Å². The Morgan fingerprint density at radius 1 is 1.16 bits per heavy atom. The van der Waals surface area contributed by atoms with E-state index in [0.29, 0.717) is 40.2 Å². The summed E-state index contributed by atoms with van der Waals surface area (Å²) >= 11 is 0. The second-order valence-corrected chi connectivity index (χ2v) is 10.2. The molecule has 1 aliphatic heterocycles. The molecule has 2 N–H and O–H groups in total. The van der Waals surface area contributed by atoms with Gasteiger partial charge in [0.05, 0.1) is 12.7 Å². The zero-order valence-corrected chi connectivity index (χ0v) is 20.9. The Bertz CT molecular complexity index is 1470. The summed E-state index contributed by atoms with van der Waals surface area (Å²) in [6, 6.07) is 5.78. The van der Waals surface area contributed by atoms with Crippen molar-refractivity contribution in [3.63, 3.8) is 0 Å². The minimum Gasteiger partial charge on any atom is -0.453 e. The highest BCUT2D eigenvalue weighted by Gasteiger charge is 2.63. The smallest absolute Gasteiger partial charge is 0.409 e. The molecule has 3 fully saturated rings. The monoisotopic (exact) mass is 497 g/mol. The topological polar surface area (TPSA) is 122 Å². The first-order valence-corrected chi connectivity index (χ1v) is 12.4. The van der Waals surface area contributed by atoms with Crippen molar-refractivity contribution in [2.75, 3.05) is 37.9 Å². The molecule has 10 heteroatoms. The lowest BCUT2D eigenvalue weighted by Crippen LogP contribution is -2.52. The summed E-state index contributed by atoms with van der Waals surface area (Å²) in [6.07, 6.45) is 5.26. The molecule has 0 bridgehead atoms. The quantitative estimate of drug-likeness (QED) is 0.528. The number of nitrogens with one attached hydrogen (secondary N) is 2. The van der Waals surface area contributed by atoms with Gasteiger partial charge in [-0.2, -0.15) is 0 Å². The number of ether oxygens (including phenoxy) is 1. The van der Waals surface area contributed by atoms with Gasteiger partial charge in [0, 0.05) is 49.2 Å². The first kappa shape index (κ1) is 23.2. The fourth-order valence-corrected chi connectivity index (χ4v) is 5.24. The number of rotatable bonds is 4. The predicted octanol–water partition coefficient (Wildman–Crippen LogP) is 3.01. The normalized spacial score (nSPS) is 22.5. The average Bonchev–Trinajstić information content (AvgIpc) is 3.81. The van der Waals surface area contributed by atoms with Gasteiger partial charge in [0.2, 0.25) is 5.91 Å². The van der Waals surface area contributed by atoms with Crippen molar-refractivity contribution in [1.29, 1.82) is 0 Å². The van der Waals surface area contributed by atoms with Crippen LogP contribution >= 0.6 is 0 Å². The number of nitrogens with zero attached hydrogens (tertiary/aromatic N) is 5. The second kappa shape index (κ2) is 8.69. The predicted molar refractivity (Wildman–Crippen MR) is 137 cm³/mol. The van der Waals surface area contributed by atoms with E-state index in [4.69, 9.17) is 4.74 Å². The number of likely N-dealkylation sites (tertiary alicyclic amines) is 1. The van der Waals surface area contributed by atoms with Crippen molar-refractivity contribution in [3.8, 4) is 11.8 Å². The lowest BCUT2D eigenvalue weighted by atomic mass is 9.92. The zero-order valence-electron chi connectivity index (χ0n) is 20.9. The van der Waals surface area contributed by atoms with Crippen LogP contribution in [0.15, 0.2) is 30.6 Å².